The van der Waals surface area contributed by atoms with Gasteiger partial charge in [-0.1, -0.05) is 212 Å². The molecule has 1 aromatic heterocycles. The second kappa shape index (κ2) is 23.3. The molecule has 15 aromatic rings. The fourth-order valence-electron chi connectivity index (χ4n) is 14.6. The number of fused-ring (bicyclic) bond motifs is 7. The summed E-state index contributed by atoms with van der Waals surface area (Å²) in [5.74, 6) is 0. The van der Waals surface area contributed by atoms with E-state index >= 15 is 0 Å². The van der Waals surface area contributed by atoms with Gasteiger partial charge in [0.2, 0.25) is 0 Å². The van der Waals surface area contributed by atoms with Crippen LogP contribution in [0.15, 0.2) is 315 Å². The van der Waals surface area contributed by atoms with Gasteiger partial charge in [-0.05, 0) is 186 Å². The third-order valence-corrected chi connectivity index (χ3v) is 19.1. The Labute approximate surface area is 556 Å². The van der Waals surface area contributed by atoms with Crippen LogP contribution >= 0.6 is 0 Å². The van der Waals surface area contributed by atoms with E-state index in [4.69, 9.17) is 6.57 Å². The van der Waals surface area contributed by atoms with Crippen molar-refractivity contribution in [3.8, 4) is 102 Å². The van der Waals surface area contributed by atoms with Crippen molar-refractivity contribution in [3.05, 3.63) is 344 Å². The highest BCUT2D eigenvalue weighted by Crippen LogP contribution is 2.49. The molecule has 96 heavy (non-hydrogen) atoms. The van der Waals surface area contributed by atoms with Gasteiger partial charge in [-0.2, -0.15) is 15.8 Å². The van der Waals surface area contributed by atoms with Crippen molar-refractivity contribution in [2.45, 2.75) is 0 Å². The summed E-state index contributed by atoms with van der Waals surface area (Å²) in [5.41, 5.74) is 28.3. The normalized spacial score (nSPS) is 11.9. The zero-order valence-corrected chi connectivity index (χ0v) is 51.7. The minimum atomic E-state index is -0.190. The van der Waals surface area contributed by atoms with Gasteiger partial charge in [0.25, 0.3) is 6.71 Å². The summed E-state index contributed by atoms with van der Waals surface area (Å²) in [6.07, 6.45) is 0. The molecule has 0 fully saturated rings. The van der Waals surface area contributed by atoms with Crippen LogP contribution in [-0.2, 0) is 0 Å². The number of hydrogen-bond donors (Lipinski definition) is 0. The molecule has 0 atom stereocenters. The van der Waals surface area contributed by atoms with Crippen molar-refractivity contribution < 1.29 is 0 Å². The van der Waals surface area contributed by atoms with Crippen LogP contribution < -0.4 is 26.2 Å². The molecule has 2 aliphatic heterocycles. The smallest absolute Gasteiger partial charge is 0.252 e. The van der Waals surface area contributed by atoms with Crippen molar-refractivity contribution in [1.29, 1.82) is 15.8 Å². The van der Waals surface area contributed by atoms with E-state index in [1.807, 2.05) is 24.3 Å². The van der Waals surface area contributed by atoms with Crippen LogP contribution in [0.25, 0.3) is 110 Å². The van der Waals surface area contributed by atoms with Gasteiger partial charge in [-0.25, -0.2) is 4.85 Å². The quantitative estimate of drug-likeness (QED) is 0.101. The lowest BCUT2D eigenvalue weighted by Gasteiger charge is -2.44. The van der Waals surface area contributed by atoms with Gasteiger partial charge in [-0.15, -0.1) is 0 Å². The zero-order valence-electron chi connectivity index (χ0n) is 51.7. The molecular formula is C88H52BN7. The molecule has 0 saturated carbocycles. The lowest BCUT2D eigenvalue weighted by molar-refractivity contribution is 1.18. The number of hydrogen-bond acceptors (Lipinski definition) is 5. The molecule has 3 heterocycles. The van der Waals surface area contributed by atoms with Crippen molar-refractivity contribution in [2.24, 2.45) is 0 Å². The first kappa shape index (κ1) is 56.5. The Morgan fingerprint density at radius 3 is 1.27 bits per heavy atom. The van der Waals surface area contributed by atoms with Crippen LogP contribution in [-0.4, -0.2) is 11.3 Å². The van der Waals surface area contributed by atoms with Crippen molar-refractivity contribution in [1.82, 2.24) is 4.57 Å². The van der Waals surface area contributed by atoms with E-state index in [9.17, 15) is 15.8 Å². The molecule has 442 valence electrons. The molecule has 2 aliphatic rings. The van der Waals surface area contributed by atoms with Gasteiger partial charge in [0.15, 0.2) is 5.69 Å². The highest BCUT2D eigenvalue weighted by molar-refractivity contribution is 7.00. The number of anilines is 6. The average Bonchev–Trinajstić information content (AvgIpc) is 0.922. The van der Waals surface area contributed by atoms with Crippen molar-refractivity contribution >= 4 is 84.7 Å². The fourth-order valence-corrected chi connectivity index (χ4v) is 14.6. The second-order valence-corrected chi connectivity index (χ2v) is 24.4. The molecule has 0 unspecified atom stereocenters. The zero-order chi connectivity index (χ0) is 64.4. The lowest BCUT2D eigenvalue weighted by Crippen LogP contribution is -2.61. The van der Waals surface area contributed by atoms with Crippen LogP contribution in [0.1, 0.15) is 16.7 Å². The van der Waals surface area contributed by atoms with Crippen LogP contribution in [0.3, 0.4) is 0 Å². The van der Waals surface area contributed by atoms with Gasteiger partial charge < -0.3 is 14.4 Å². The third-order valence-electron chi connectivity index (χ3n) is 19.1. The first-order valence-corrected chi connectivity index (χ1v) is 31.9. The number of benzene rings is 14. The molecule has 0 radical (unpaired) electrons. The van der Waals surface area contributed by atoms with Crippen LogP contribution in [0.5, 0.6) is 0 Å². The maximum Gasteiger partial charge on any atom is 0.252 e. The molecule has 0 amide bonds. The Balaban J connectivity index is 0.922. The van der Waals surface area contributed by atoms with E-state index in [1.54, 1.807) is 24.3 Å². The number of nitriles is 3. The summed E-state index contributed by atoms with van der Waals surface area (Å²) in [7, 11) is 0. The highest BCUT2D eigenvalue weighted by atomic mass is 15.2. The number of rotatable bonds is 10. The van der Waals surface area contributed by atoms with Crippen LogP contribution in [0.2, 0.25) is 0 Å². The average molecular weight is 1220 g/mol. The van der Waals surface area contributed by atoms with E-state index in [2.05, 4.69) is 304 Å². The van der Waals surface area contributed by atoms with E-state index in [0.717, 1.165) is 128 Å². The molecule has 0 spiro atoms. The first-order chi connectivity index (χ1) is 47.4. The minimum Gasteiger partial charge on any atom is -0.311 e. The standard InChI is InChI=1S/C88H52BN7/c1-93-80-47-58(55-91)27-41-74(80)68-35-43-82(76(49-68)73-40-26-57(54-90)46-70(73)56-92)96-81-25-15-14-24-75(81)77-48-65(32-42-83(77)96)69-52-86-88-87(53-69)95(72-38-30-64(31-39-72)60-18-8-3-9-19-60)85-45-34-67(62-22-12-5-13-23-62)51-79(85)89(88)78-50-66(61-20-10-4-11-21-61)33-44-84(78)94(86)71-36-28-63(29-37-71)59-16-6-2-7-17-59/h2-53H. The summed E-state index contributed by atoms with van der Waals surface area (Å²) >= 11 is 0. The maximum atomic E-state index is 10.8. The Kier molecular flexibility index (Phi) is 13.7. The van der Waals surface area contributed by atoms with E-state index < -0.39 is 0 Å². The minimum absolute atomic E-state index is 0.190. The SMILES string of the molecule is [C-]#[N+]c1cc(C#N)ccc1-c1ccc(-n2c3ccccc3c3cc(-c4cc5c6c(c4)N(c4ccc(-c7ccccc7)cc4)c4ccc(-c7ccccc7)cc4B6c4cc(-c6ccccc6)ccc4N5c4ccc(-c5ccccc5)cc4)ccc32)c(-c2ccc(C#N)cc2C#N)c1. The second-order valence-electron chi connectivity index (χ2n) is 24.4. The van der Waals surface area contributed by atoms with Crippen LogP contribution in [0, 0.1) is 40.6 Å². The monoisotopic (exact) mass is 1220 g/mol. The fraction of sp³-hybridized carbons (Fsp3) is 0. The first-order valence-electron chi connectivity index (χ1n) is 31.9. The Bertz CT molecular complexity index is 5620. The molecule has 0 bridgehead atoms. The largest absolute Gasteiger partial charge is 0.311 e. The molecule has 0 N–H and O–H groups in total. The summed E-state index contributed by atoms with van der Waals surface area (Å²) in [6.45, 7) is 7.97. The maximum absolute atomic E-state index is 10.8. The van der Waals surface area contributed by atoms with Gasteiger partial charge in [0.05, 0.1) is 52.6 Å². The van der Waals surface area contributed by atoms with Gasteiger partial charge in [0, 0.05) is 61.6 Å². The van der Waals surface area contributed by atoms with Crippen LogP contribution in [0.4, 0.5) is 39.8 Å². The Morgan fingerprint density at radius 1 is 0.302 bits per heavy atom. The summed E-state index contributed by atoms with van der Waals surface area (Å²) < 4.78 is 2.27. The van der Waals surface area contributed by atoms with Crippen molar-refractivity contribution in [3.63, 3.8) is 0 Å². The topological polar surface area (TPSA) is 87.1 Å². The highest BCUT2D eigenvalue weighted by Gasteiger charge is 2.44. The third kappa shape index (κ3) is 9.49. The van der Waals surface area contributed by atoms with Gasteiger partial charge in [-0.3, -0.25) is 0 Å². The Morgan fingerprint density at radius 2 is 0.740 bits per heavy atom. The Hall–Kier alpha value is -13.5. The number of aromatic nitrogens is 1. The number of para-hydroxylation sites is 1. The lowest BCUT2D eigenvalue weighted by atomic mass is 9.33. The molecule has 7 nitrogen and oxygen atoms in total. The molecule has 14 aromatic carbocycles. The predicted octanol–water partition coefficient (Wildman–Crippen LogP) is 20.7. The van der Waals surface area contributed by atoms with Crippen molar-refractivity contribution in [2.75, 3.05) is 9.80 Å². The number of nitrogens with zero attached hydrogens (tertiary/aromatic N) is 7. The van der Waals surface area contributed by atoms with E-state index in [0.29, 0.717) is 33.5 Å². The molecule has 17 rings (SSSR count). The molecule has 0 saturated heterocycles. The molecular weight excluding hydrogens is 1170 g/mol. The summed E-state index contributed by atoms with van der Waals surface area (Å²) in [4.78, 5) is 8.84. The molecule has 8 heteroatoms. The van der Waals surface area contributed by atoms with E-state index in [-0.39, 0.29) is 6.71 Å². The van der Waals surface area contributed by atoms with E-state index in [1.165, 1.54) is 16.4 Å². The predicted molar refractivity (Wildman–Crippen MR) is 393 cm³/mol. The summed E-state index contributed by atoms with van der Waals surface area (Å²) in [5, 5.41) is 32.7. The summed E-state index contributed by atoms with van der Waals surface area (Å²) in [6, 6.07) is 118. The van der Waals surface area contributed by atoms with Gasteiger partial charge >= 0.3 is 0 Å². The van der Waals surface area contributed by atoms with Gasteiger partial charge in [0.1, 0.15) is 0 Å². The molecule has 0 aliphatic carbocycles.